The Bertz CT molecular complexity index is 368. The van der Waals surface area contributed by atoms with Crippen LogP contribution in [-0.2, 0) is 0 Å². The van der Waals surface area contributed by atoms with E-state index in [0.717, 1.165) is 19.3 Å². The summed E-state index contributed by atoms with van der Waals surface area (Å²) in [6.45, 7) is 0.748. The molecule has 0 saturated carbocycles. The van der Waals surface area contributed by atoms with Gasteiger partial charge in [-0.2, -0.15) is 0 Å². The maximum absolute atomic E-state index is 13.4. The monoisotopic (exact) mass is 239 g/mol. The number of amides is 1. The van der Waals surface area contributed by atoms with Crippen LogP contribution in [0.25, 0.3) is 0 Å². The van der Waals surface area contributed by atoms with Crippen LogP contribution in [0, 0.1) is 5.82 Å². The average Bonchev–Trinajstić information content (AvgIpc) is 2.34. The molecule has 0 unspecified atom stereocenters. The van der Waals surface area contributed by atoms with Gasteiger partial charge in [-0.25, -0.2) is 4.39 Å². The first-order valence-corrected chi connectivity index (χ1v) is 5.77. The number of rotatable bonds is 6. The van der Waals surface area contributed by atoms with Crippen molar-refractivity contribution in [2.45, 2.75) is 19.3 Å². The summed E-state index contributed by atoms with van der Waals surface area (Å²) in [6, 6.07) is 5.98. The Hall–Kier alpha value is -1.42. The highest BCUT2D eigenvalue weighted by molar-refractivity contribution is 5.94. The molecule has 0 saturated heterocycles. The van der Waals surface area contributed by atoms with E-state index in [2.05, 4.69) is 0 Å². The number of unbranched alkanes of at least 4 members (excludes halogenated alkanes) is 2. The number of benzene rings is 1. The Balaban J connectivity index is 2.49. The van der Waals surface area contributed by atoms with Crippen LogP contribution < -0.4 is 0 Å². The van der Waals surface area contributed by atoms with E-state index >= 15 is 0 Å². The minimum atomic E-state index is -0.486. The number of carbonyl (C=O) groups excluding carboxylic acids is 1. The predicted octanol–water partition coefficient (Wildman–Crippen LogP) is 2.06. The lowest BCUT2D eigenvalue weighted by molar-refractivity contribution is 0.0787. The first kappa shape index (κ1) is 13.6. The zero-order valence-corrected chi connectivity index (χ0v) is 10.0. The van der Waals surface area contributed by atoms with Gasteiger partial charge in [-0.3, -0.25) is 4.79 Å². The lowest BCUT2D eigenvalue weighted by Gasteiger charge is -2.17. The molecule has 1 aromatic carbocycles. The van der Waals surface area contributed by atoms with Crippen molar-refractivity contribution in [3.63, 3.8) is 0 Å². The van der Waals surface area contributed by atoms with Gasteiger partial charge in [-0.15, -0.1) is 0 Å². The van der Waals surface area contributed by atoms with Crippen molar-refractivity contribution in [3.8, 4) is 0 Å². The van der Waals surface area contributed by atoms with E-state index in [1.807, 2.05) is 0 Å². The van der Waals surface area contributed by atoms with Crippen LogP contribution in [0.2, 0.25) is 0 Å². The topological polar surface area (TPSA) is 40.5 Å². The molecule has 1 N–H and O–H groups in total. The van der Waals surface area contributed by atoms with Crippen molar-refractivity contribution >= 4 is 5.91 Å². The molecule has 0 aliphatic rings. The second kappa shape index (κ2) is 7.01. The van der Waals surface area contributed by atoms with E-state index in [0.29, 0.717) is 6.54 Å². The van der Waals surface area contributed by atoms with Crippen LogP contribution in [0.5, 0.6) is 0 Å². The highest BCUT2D eigenvalue weighted by Gasteiger charge is 2.14. The molecule has 0 atom stereocenters. The van der Waals surface area contributed by atoms with Crippen LogP contribution in [0.4, 0.5) is 4.39 Å². The molecule has 0 fully saturated rings. The maximum atomic E-state index is 13.4. The van der Waals surface area contributed by atoms with E-state index < -0.39 is 5.82 Å². The number of aliphatic hydroxyl groups is 1. The molecule has 4 heteroatoms. The number of aliphatic hydroxyl groups excluding tert-OH is 1. The van der Waals surface area contributed by atoms with Gasteiger partial charge in [0.05, 0.1) is 5.56 Å². The zero-order valence-electron chi connectivity index (χ0n) is 10.0. The normalized spacial score (nSPS) is 10.3. The number of nitrogens with zero attached hydrogens (tertiary/aromatic N) is 1. The summed E-state index contributed by atoms with van der Waals surface area (Å²) in [7, 11) is 1.66. The van der Waals surface area contributed by atoms with Crippen LogP contribution >= 0.6 is 0 Å². The first-order valence-electron chi connectivity index (χ1n) is 5.77. The minimum absolute atomic E-state index is 0.108. The third-order valence-electron chi connectivity index (χ3n) is 2.60. The van der Waals surface area contributed by atoms with Crippen molar-refractivity contribution in [1.82, 2.24) is 4.90 Å². The molecule has 0 spiro atoms. The SMILES string of the molecule is CN(CCCCCO)C(=O)c1ccccc1F. The summed E-state index contributed by atoms with van der Waals surface area (Å²) >= 11 is 0. The summed E-state index contributed by atoms with van der Waals surface area (Å²) in [4.78, 5) is 13.4. The summed E-state index contributed by atoms with van der Waals surface area (Å²) in [5, 5.41) is 8.62. The lowest BCUT2D eigenvalue weighted by Crippen LogP contribution is -2.28. The van der Waals surface area contributed by atoms with Gasteiger partial charge in [0.1, 0.15) is 5.82 Å². The molecule has 1 aromatic rings. The van der Waals surface area contributed by atoms with Crippen molar-refractivity contribution in [2.75, 3.05) is 20.2 Å². The third-order valence-corrected chi connectivity index (χ3v) is 2.60. The summed E-state index contributed by atoms with van der Waals surface area (Å²) < 4.78 is 13.4. The molecule has 94 valence electrons. The van der Waals surface area contributed by atoms with Gasteiger partial charge >= 0.3 is 0 Å². The number of carbonyl (C=O) groups is 1. The van der Waals surface area contributed by atoms with E-state index in [4.69, 9.17) is 5.11 Å². The standard InChI is InChI=1S/C13H18FNO2/c1-15(9-5-2-6-10-16)13(17)11-7-3-4-8-12(11)14/h3-4,7-8,16H,2,5-6,9-10H2,1H3. The Morgan fingerprint density at radius 3 is 2.65 bits per heavy atom. The van der Waals surface area contributed by atoms with Gasteiger partial charge in [0.25, 0.3) is 5.91 Å². The van der Waals surface area contributed by atoms with Gasteiger partial charge in [-0.1, -0.05) is 12.1 Å². The molecular weight excluding hydrogens is 221 g/mol. The molecule has 3 nitrogen and oxygen atoms in total. The van der Waals surface area contributed by atoms with Crippen molar-refractivity contribution < 1.29 is 14.3 Å². The quantitative estimate of drug-likeness (QED) is 0.772. The molecule has 0 radical (unpaired) electrons. The third kappa shape index (κ3) is 4.15. The Kier molecular flexibility index (Phi) is 5.63. The van der Waals surface area contributed by atoms with E-state index in [1.165, 1.54) is 17.0 Å². The predicted molar refractivity (Wildman–Crippen MR) is 64.3 cm³/mol. The fourth-order valence-corrected chi connectivity index (χ4v) is 1.58. The Labute approximate surface area is 101 Å². The summed E-state index contributed by atoms with van der Waals surface area (Å²) in [6.07, 6.45) is 2.42. The second-order valence-corrected chi connectivity index (χ2v) is 3.99. The van der Waals surface area contributed by atoms with Gasteiger partial charge in [-0.05, 0) is 31.4 Å². The zero-order chi connectivity index (χ0) is 12.7. The second-order valence-electron chi connectivity index (χ2n) is 3.99. The number of hydrogen-bond acceptors (Lipinski definition) is 2. The van der Waals surface area contributed by atoms with Gasteiger partial charge in [0, 0.05) is 20.2 Å². The summed E-state index contributed by atoms with van der Waals surface area (Å²) in [5.74, 6) is -0.785. The van der Waals surface area contributed by atoms with Gasteiger partial charge in [0.15, 0.2) is 0 Å². The highest BCUT2D eigenvalue weighted by atomic mass is 19.1. The molecule has 1 amide bonds. The molecule has 1 rings (SSSR count). The molecular formula is C13H18FNO2. The van der Waals surface area contributed by atoms with Gasteiger partial charge in [0.2, 0.25) is 0 Å². The van der Waals surface area contributed by atoms with E-state index in [-0.39, 0.29) is 18.1 Å². The van der Waals surface area contributed by atoms with E-state index in [9.17, 15) is 9.18 Å². The number of hydrogen-bond donors (Lipinski definition) is 1. The van der Waals surface area contributed by atoms with E-state index in [1.54, 1.807) is 19.2 Å². The fourth-order valence-electron chi connectivity index (χ4n) is 1.58. The maximum Gasteiger partial charge on any atom is 0.256 e. The van der Waals surface area contributed by atoms with Crippen LogP contribution in [0.1, 0.15) is 29.6 Å². The van der Waals surface area contributed by atoms with Crippen LogP contribution in [-0.4, -0.2) is 36.1 Å². The first-order chi connectivity index (χ1) is 8.16. The van der Waals surface area contributed by atoms with Gasteiger partial charge < -0.3 is 10.0 Å². The summed E-state index contributed by atoms with van der Waals surface area (Å²) in [5.41, 5.74) is 0.108. The smallest absolute Gasteiger partial charge is 0.256 e. The number of halogens is 1. The molecule has 0 heterocycles. The fraction of sp³-hybridized carbons (Fsp3) is 0.462. The molecule has 0 aromatic heterocycles. The lowest BCUT2D eigenvalue weighted by atomic mass is 10.1. The Morgan fingerprint density at radius 1 is 1.29 bits per heavy atom. The molecule has 17 heavy (non-hydrogen) atoms. The van der Waals surface area contributed by atoms with Crippen molar-refractivity contribution in [3.05, 3.63) is 35.6 Å². The molecule has 0 aliphatic heterocycles. The largest absolute Gasteiger partial charge is 0.396 e. The highest BCUT2D eigenvalue weighted by Crippen LogP contribution is 2.09. The molecule has 0 aliphatic carbocycles. The van der Waals surface area contributed by atoms with Crippen LogP contribution in [0.15, 0.2) is 24.3 Å². The Morgan fingerprint density at radius 2 is 2.00 bits per heavy atom. The minimum Gasteiger partial charge on any atom is -0.396 e. The van der Waals surface area contributed by atoms with Crippen molar-refractivity contribution in [2.24, 2.45) is 0 Å². The van der Waals surface area contributed by atoms with Crippen molar-refractivity contribution in [1.29, 1.82) is 0 Å². The van der Waals surface area contributed by atoms with Crippen LogP contribution in [0.3, 0.4) is 0 Å². The average molecular weight is 239 g/mol. The molecule has 0 bridgehead atoms.